The summed E-state index contributed by atoms with van der Waals surface area (Å²) >= 11 is 3.34. The van der Waals surface area contributed by atoms with Crippen molar-refractivity contribution in [1.29, 1.82) is 0 Å². The highest BCUT2D eigenvalue weighted by Crippen LogP contribution is 2.35. The van der Waals surface area contributed by atoms with Gasteiger partial charge >= 0.3 is 6.09 Å². The van der Waals surface area contributed by atoms with Crippen molar-refractivity contribution in [3.63, 3.8) is 0 Å². The van der Waals surface area contributed by atoms with Gasteiger partial charge in [0.2, 0.25) is 0 Å². The fraction of sp³-hybridized carbons (Fsp3) is 0.643. The number of piperazine rings is 1. The average molecular weight is 355 g/mol. The second-order valence-corrected chi connectivity index (χ2v) is 7.35. The van der Waals surface area contributed by atoms with E-state index in [1.807, 2.05) is 25.7 Å². The van der Waals surface area contributed by atoms with E-state index in [1.165, 1.54) is 0 Å². The molecule has 0 radical (unpaired) electrons. The topological polar surface area (TPSA) is 58.6 Å². The molecular formula is C14H19BrN4O2. The van der Waals surface area contributed by atoms with Gasteiger partial charge in [-0.1, -0.05) is 0 Å². The smallest absolute Gasteiger partial charge is 0.410 e. The molecular weight excluding hydrogens is 336 g/mol. The first-order valence-electron chi connectivity index (χ1n) is 7.07. The van der Waals surface area contributed by atoms with E-state index < -0.39 is 5.60 Å². The fourth-order valence-corrected chi connectivity index (χ4v) is 3.19. The molecule has 7 heteroatoms. The summed E-state index contributed by atoms with van der Waals surface area (Å²) in [6.45, 7) is 7.24. The van der Waals surface area contributed by atoms with Crippen LogP contribution in [0.4, 0.5) is 10.6 Å². The molecule has 1 aromatic rings. The minimum Gasteiger partial charge on any atom is -0.444 e. The maximum Gasteiger partial charge on any atom is 0.410 e. The van der Waals surface area contributed by atoms with Crippen molar-refractivity contribution in [3.05, 3.63) is 17.0 Å². The second-order valence-electron chi connectivity index (χ2n) is 6.54. The Kier molecular flexibility index (Phi) is 3.55. The Bertz CT molecular complexity index is 548. The SMILES string of the molecule is CC(C)(C)OC(=O)N1C2CC1CN(c1cncc(Br)n1)C2. The van der Waals surface area contributed by atoms with Gasteiger partial charge in [0.15, 0.2) is 0 Å². The number of nitrogens with zero attached hydrogens (tertiary/aromatic N) is 4. The van der Waals surface area contributed by atoms with E-state index in [0.29, 0.717) is 0 Å². The number of hydrogen-bond acceptors (Lipinski definition) is 5. The summed E-state index contributed by atoms with van der Waals surface area (Å²) in [4.78, 5) is 24.8. The van der Waals surface area contributed by atoms with E-state index in [4.69, 9.17) is 4.74 Å². The predicted molar refractivity (Wildman–Crippen MR) is 82.2 cm³/mol. The van der Waals surface area contributed by atoms with Crippen LogP contribution in [0, 0.1) is 0 Å². The van der Waals surface area contributed by atoms with Crippen LogP contribution in [0.5, 0.6) is 0 Å². The lowest BCUT2D eigenvalue weighted by Crippen LogP contribution is -2.70. The summed E-state index contributed by atoms with van der Waals surface area (Å²) in [5.41, 5.74) is -0.448. The van der Waals surface area contributed by atoms with Crippen molar-refractivity contribution in [2.24, 2.45) is 0 Å². The highest BCUT2D eigenvalue weighted by Gasteiger charge is 2.49. The molecule has 3 aliphatic rings. The Morgan fingerprint density at radius 2 is 2.00 bits per heavy atom. The zero-order valence-electron chi connectivity index (χ0n) is 12.4. The van der Waals surface area contributed by atoms with Gasteiger partial charge in [0.05, 0.1) is 24.5 Å². The van der Waals surface area contributed by atoms with Crippen molar-refractivity contribution >= 4 is 27.8 Å². The van der Waals surface area contributed by atoms with E-state index in [-0.39, 0.29) is 18.2 Å². The molecule has 2 unspecified atom stereocenters. The number of rotatable bonds is 1. The third-order valence-corrected chi connectivity index (χ3v) is 4.10. The van der Waals surface area contributed by atoms with Crippen molar-refractivity contribution in [2.75, 3.05) is 18.0 Å². The maximum atomic E-state index is 12.2. The Balaban J connectivity index is 1.66. The summed E-state index contributed by atoms with van der Waals surface area (Å²) in [5, 5.41) is 0. The normalized spacial score (nSPS) is 24.6. The molecule has 1 amide bonds. The van der Waals surface area contributed by atoms with Crippen LogP contribution in [0.2, 0.25) is 0 Å². The number of hydrogen-bond donors (Lipinski definition) is 0. The number of halogens is 1. The van der Waals surface area contributed by atoms with Crippen LogP contribution in [-0.4, -0.2) is 51.7 Å². The number of amides is 1. The van der Waals surface area contributed by atoms with Crippen LogP contribution in [0.15, 0.2) is 17.0 Å². The van der Waals surface area contributed by atoms with Gasteiger partial charge < -0.3 is 9.64 Å². The number of fused-ring (bicyclic) bond motifs is 2. The molecule has 6 nitrogen and oxygen atoms in total. The predicted octanol–water partition coefficient (Wildman–Crippen LogP) is 2.44. The van der Waals surface area contributed by atoms with E-state index in [1.54, 1.807) is 12.4 Å². The number of piperidine rings is 1. The van der Waals surface area contributed by atoms with Crippen molar-refractivity contribution in [1.82, 2.24) is 14.9 Å². The van der Waals surface area contributed by atoms with Crippen LogP contribution < -0.4 is 4.90 Å². The van der Waals surface area contributed by atoms with E-state index in [0.717, 1.165) is 29.9 Å². The Morgan fingerprint density at radius 3 is 2.57 bits per heavy atom. The first-order chi connectivity index (χ1) is 9.83. The molecule has 0 aliphatic carbocycles. The van der Waals surface area contributed by atoms with Crippen molar-refractivity contribution < 1.29 is 9.53 Å². The fourth-order valence-electron chi connectivity index (χ4n) is 2.89. The van der Waals surface area contributed by atoms with Crippen molar-refractivity contribution in [2.45, 2.75) is 44.9 Å². The maximum absolute atomic E-state index is 12.2. The number of anilines is 1. The third kappa shape index (κ3) is 2.97. The molecule has 0 saturated carbocycles. The summed E-state index contributed by atoms with van der Waals surface area (Å²) in [6.07, 6.45) is 4.26. The number of carbonyl (C=O) groups excluding carboxylic acids is 1. The van der Waals surface area contributed by atoms with Gasteiger partial charge in [0, 0.05) is 13.1 Å². The minimum absolute atomic E-state index is 0.205. The summed E-state index contributed by atoms with van der Waals surface area (Å²) in [5.74, 6) is 0.850. The lowest BCUT2D eigenvalue weighted by atomic mass is 9.88. The average Bonchev–Trinajstić information content (AvgIpc) is 2.36. The van der Waals surface area contributed by atoms with Crippen molar-refractivity contribution in [3.8, 4) is 0 Å². The number of aromatic nitrogens is 2. The molecule has 0 spiro atoms. The van der Waals surface area contributed by atoms with Gasteiger partial charge in [-0.2, -0.15) is 0 Å². The van der Waals surface area contributed by atoms with E-state index >= 15 is 0 Å². The Morgan fingerprint density at radius 1 is 1.33 bits per heavy atom. The lowest BCUT2D eigenvalue weighted by Gasteiger charge is -2.55. The van der Waals surface area contributed by atoms with Gasteiger partial charge in [-0.3, -0.25) is 9.88 Å². The van der Waals surface area contributed by atoms with E-state index in [2.05, 4.69) is 30.8 Å². The molecule has 4 heterocycles. The molecule has 3 aliphatic heterocycles. The highest BCUT2D eigenvalue weighted by atomic mass is 79.9. The van der Waals surface area contributed by atoms with Gasteiger partial charge in [0.1, 0.15) is 16.0 Å². The summed E-state index contributed by atoms with van der Waals surface area (Å²) in [7, 11) is 0. The van der Waals surface area contributed by atoms with Crippen LogP contribution in [0.1, 0.15) is 27.2 Å². The molecule has 2 bridgehead atoms. The second kappa shape index (κ2) is 5.12. The number of carbonyl (C=O) groups is 1. The molecule has 4 rings (SSSR count). The largest absolute Gasteiger partial charge is 0.444 e. The zero-order chi connectivity index (χ0) is 15.2. The van der Waals surface area contributed by atoms with Crippen LogP contribution in [0.25, 0.3) is 0 Å². The van der Waals surface area contributed by atoms with Crippen LogP contribution in [0.3, 0.4) is 0 Å². The Labute approximate surface area is 132 Å². The van der Waals surface area contributed by atoms with Crippen LogP contribution in [-0.2, 0) is 4.74 Å². The molecule has 2 atom stereocenters. The Hall–Kier alpha value is -1.37. The zero-order valence-corrected chi connectivity index (χ0v) is 14.0. The lowest BCUT2D eigenvalue weighted by molar-refractivity contribution is -0.0380. The quantitative estimate of drug-likeness (QED) is 0.775. The molecule has 114 valence electrons. The van der Waals surface area contributed by atoms with Crippen LogP contribution >= 0.6 is 15.9 Å². The summed E-state index contributed by atoms with van der Waals surface area (Å²) < 4.78 is 6.20. The molecule has 21 heavy (non-hydrogen) atoms. The van der Waals surface area contributed by atoms with Gasteiger partial charge in [0.25, 0.3) is 0 Å². The van der Waals surface area contributed by atoms with E-state index in [9.17, 15) is 4.79 Å². The molecule has 3 saturated heterocycles. The first-order valence-corrected chi connectivity index (χ1v) is 7.86. The first kappa shape index (κ1) is 14.6. The van der Waals surface area contributed by atoms with Gasteiger partial charge in [-0.15, -0.1) is 0 Å². The van der Waals surface area contributed by atoms with Gasteiger partial charge in [-0.25, -0.2) is 9.78 Å². The summed E-state index contributed by atoms with van der Waals surface area (Å²) in [6, 6.07) is 0.416. The highest BCUT2D eigenvalue weighted by molar-refractivity contribution is 9.10. The monoisotopic (exact) mass is 354 g/mol. The molecule has 0 N–H and O–H groups in total. The minimum atomic E-state index is -0.448. The number of ether oxygens (including phenoxy) is 1. The molecule has 0 aromatic carbocycles. The molecule has 3 fully saturated rings. The molecule has 1 aromatic heterocycles. The van der Waals surface area contributed by atoms with Gasteiger partial charge in [-0.05, 0) is 43.1 Å². The standard InChI is InChI=1S/C14H19BrN4O2/c1-14(2,3)21-13(20)19-9-4-10(19)8-18(7-9)12-6-16-5-11(15)17-12/h5-6,9-10H,4,7-8H2,1-3H3. The third-order valence-electron chi connectivity index (χ3n) is 3.71.